The molecule has 424 valence electrons. The number of esters is 1. The highest BCUT2D eigenvalue weighted by atomic mass is 16.7. The number of aromatic hydroxyl groups is 3. The zero-order chi connectivity index (χ0) is 57.7. The van der Waals surface area contributed by atoms with E-state index in [-0.39, 0.29) is 57.5 Å². The van der Waals surface area contributed by atoms with Gasteiger partial charge in [-0.2, -0.15) is 5.10 Å². The molecule has 1 aromatic heterocycles. The van der Waals surface area contributed by atoms with Crippen molar-refractivity contribution in [3.05, 3.63) is 95.9 Å². The molecule has 2 fully saturated rings. The first-order chi connectivity index (χ1) is 36.8. The number of piperazine rings is 1. The molecule has 1 amide bonds. The lowest BCUT2D eigenvalue weighted by atomic mass is 9.78. The summed E-state index contributed by atoms with van der Waals surface area (Å²) >= 11 is 0. The number of rotatable bonds is 7. The number of phenolic OH excluding ortho intramolecular Hbond substituents is 3. The maximum absolute atomic E-state index is 14.4. The number of ether oxygens (including phenoxy) is 5. The number of phenols is 3. The number of likely N-dealkylation sites (N-methyl/N-ethyl adjacent to an activating group) is 1. The predicted molar refractivity (Wildman–Crippen MR) is 285 cm³/mol. The number of Topliss-reactive ketones (excluding diaryl/α,β-unsaturated/α-hetero) is 1. The van der Waals surface area contributed by atoms with Crippen molar-refractivity contribution in [2.75, 3.05) is 52.3 Å². The predicted octanol–water partition coefficient (Wildman–Crippen LogP) is 4.14. The quantitative estimate of drug-likeness (QED) is 0.0313. The largest absolute Gasteiger partial charge is 0.507 e. The smallest absolute Gasteiger partial charge is 0.330 e. The van der Waals surface area contributed by atoms with Gasteiger partial charge in [-0.15, -0.1) is 0 Å². The van der Waals surface area contributed by atoms with Crippen LogP contribution >= 0.6 is 0 Å². The van der Waals surface area contributed by atoms with Gasteiger partial charge >= 0.3 is 17.4 Å². The fraction of sp³-hybridized carbons (Fsp3) is 0.547. The molecule has 0 saturated carbocycles. The first kappa shape index (κ1) is 60.0. The van der Waals surface area contributed by atoms with Gasteiger partial charge in [-0.25, -0.2) is 4.79 Å². The van der Waals surface area contributed by atoms with Crippen molar-refractivity contribution in [1.29, 1.82) is 0 Å². The molecule has 12 atom stereocenters. The average molecular weight is 1090 g/mol. The number of aryl methyl sites for hydroxylation is 1. The Kier molecular flexibility index (Phi) is 19.3. The van der Waals surface area contributed by atoms with Gasteiger partial charge in [-0.3, -0.25) is 33.7 Å². The number of nitrogens with one attached hydrogen (secondary N) is 2. The first-order valence-electron chi connectivity index (χ1n) is 25.5. The number of aliphatic hydroxyl groups excluding tert-OH is 3. The van der Waals surface area contributed by atoms with Crippen molar-refractivity contribution in [1.82, 2.24) is 19.5 Å². The minimum Gasteiger partial charge on any atom is -0.507 e. The van der Waals surface area contributed by atoms with E-state index in [0.29, 0.717) is 18.7 Å². The van der Waals surface area contributed by atoms with E-state index < -0.39 is 118 Å². The van der Waals surface area contributed by atoms with Crippen LogP contribution in [0, 0.1) is 37.5 Å². The fourth-order valence-electron chi connectivity index (χ4n) is 9.96. The summed E-state index contributed by atoms with van der Waals surface area (Å²) in [5.74, 6) is -8.34. The molecule has 2 aromatic carbocycles. The Morgan fingerprint density at radius 3 is 2.27 bits per heavy atom. The molecule has 8 rings (SSSR count). The van der Waals surface area contributed by atoms with Crippen molar-refractivity contribution in [2.45, 2.75) is 117 Å². The molecule has 2 saturated heterocycles. The number of methoxy groups -OCH3 is 1. The summed E-state index contributed by atoms with van der Waals surface area (Å²) in [7, 11) is 3.42. The number of hydrogen-bond acceptors (Lipinski definition) is 20. The Bertz CT molecular complexity index is 3050. The molecule has 78 heavy (non-hydrogen) atoms. The molecule has 6 heterocycles. The van der Waals surface area contributed by atoms with Gasteiger partial charge in [0, 0.05) is 110 Å². The number of H-pyrrole nitrogens is 1. The molecule has 0 spiro atoms. The summed E-state index contributed by atoms with van der Waals surface area (Å²) in [5, 5.41) is 79.5. The number of aromatic amines is 1. The minimum absolute atomic E-state index is 0.0559. The standard InChI is InChI=1S/C43H58N4O12.C10H13N5O4/c1-21-12-11-13-22(2)42(55)45-33-28(20-44-47-17-15-46(9)16-18-47)37(52)30-31(38(33)53)36(51)26(6)40-32(30)41(54)43(8,59-40)57-19-14-29(56-10)23(3)39(58-27(7)48)25(5)35(50)24(4)34(21)49;1-5-3-15(10(18)12-9(5)17)8-2-6(13-14-11)7(4-16)19-8/h11-14,19-21,23-25,29,34-35,39,49-53H,15-18H2,1-10H3,(H,45,55);3,6-8,16H,2,4H2,1H3,(H,12,17,18)/b12-11+,19-14+,22-13-,44-20+;/t21-,23+,24+,25+,29-,34-,35+,39+,43-;6-,7+,8+/m00/s1. The zero-order valence-electron chi connectivity index (χ0n) is 45.5. The highest BCUT2D eigenvalue weighted by Gasteiger charge is 2.50. The van der Waals surface area contributed by atoms with E-state index in [0.717, 1.165) is 13.1 Å². The maximum atomic E-state index is 14.4. The van der Waals surface area contributed by atoms with Gasteiger partial charge in [-0.1, -0.05) is 51.0 Å². The van der Waals surface area contributed by atoms with Crippen LogP contribution < -0.4 is 21.3 Å². The van der Waals surface area contributed by atoms with Crippen LogP contribution in [-0.4, -0.2) is 163 Å². The highest BCUT2D eigenvalue weighted by molar-refractivity contribution is 6.23. The Morgan fingerprint density at radius 2 is 1.64 bits per heavy atom. The molecule has 0 aliphatic carbocycles. The summed E-state index contributed by atoms with van der Waals surface area (Å²) in [6, 6.07) is -0.542. The van der Waals surface area contributed by atoms with E-state index in [1.807, 2.05) is 7.05 Å². The molecule has 0 unspecified atom stereocenters. The van der Waals surface area contributed by atoms with Crippen molar-refractivity contribution in [3.63, 3.8) is 0 Å². The monoisotopic (exact) mass is 1090 g/mol. The summed E-state index contributed by atoms with van der Waals surface area (Å²) in [5.41, 5.74) is 7.41. The molecular weight excluding hydrogens is 1020 g/mol. The van der Waals surface area contributed by atoms with Crippen LogP contribution in [0.25, 0.3) is 21.2 Å². The Hall–Kier alpha value is -7.25. The molecule has 5 aliphatic heterocycles. The normalized spacial score (nSPS) is 30.6. The van der Waals surface area contributed by atoms with Gasteiger partial charge in [0.25, 0.3) is 17.2 Å². The second-order valence-electron chi connectivity index (χ2n) is 20.4. The SMILES string of the molecule is CO[C@H]1/C=C/O[C@@]2(C)Oc3c(C)c(O)c4c(O)c(c(/C=N/N5CCN(C)CC5)c(O)c4c3C2=O)NC(=O)/C(C)=C\C=C\[C@H](C)[C@H](O)[C@@H](C)[C@@H](O)[C@@H](C)[C@H](OC(C)=O)[C@@H]1C.Cc1cn([C@H]2C[C@H](N=[N+]=[N-])[C@@H](CO)O2)c(=O)[nH]c1=O. The van der Waals surface area contributed by atoms with Gasteiger partial charge in [0.1, 0.15) is 29.6 Å². The third-order valence-electron chi connectivity index (χ3n) is 14.9. The fourth-order valence-corrected chi connectivity index (χ4v) is 9.96. The number of carbonyl (C=O) groups is 3. The van der Waals surface area contributed by atoms with Crippen LogP contribution in [-0.2, 0) is 28.5 Å². The van der Waals surface area contributed by atoms with Crippen LogP contribution in [0.4, 0.5) is 5.69 Å². The molecule has 8 N–H and O–H groups in total. The van der Waals surface area contributed by atoms with Gasteiger partial charge in [0.2, 0.25) is 0 Å². The highest BCUT2D eigenvalue weighted by Crippen LogP contribution is 2.55. The number of nitrogens with zero attached hydrogens (tertiary/aromatic N) is 7. The number of ketones is 1. The second-order valence-corrected chi connectivity index (χ2v) is 20.4. The Labute approximate surface area is 449 Å². The third kappa shape index (κ3) is 12.5. The van der Waals surface area contributed by atoms with Crippen LogP contribution in [0.15, 0.2) is 62.1 Å². The molecule has 3 aromatic rings. The van der Waals surface area contributed by atoms with E-state index in [2.05, 4.69) is 30.3 Å². The van der Waals surface area contributed by atoms with E-state index in [9.17, 15) is 49.5 Å². The Morgan fingerprint density at radius 1 is 0.962 bits per heavy atom. The summed E-state index contributed by atoms with van der Waals surface area (Å²) < 4.78 is 30.3. The molecule has 5 bridgehead atoms. The molecule has 5 aliphatic rings. The number of benzene rings is 2. The number of aliphatic hydroxyl groups is 3. The first-order valence-corrected chi connectivity index (χ1v) is 25.5. The second kappa shape index (κ2) is 25.0. The summed E-state index contributed by atoms with van der Waals surface area (Å²) in [6.45, 7) is 16.3. The van der Waals surface area contributed by atoms with Gasteiger partial charge < -0.3 is 64.5 Å². The number of fused-ring (bicyclic) bond motifs is 14. The van der Waals surface area contributed by atoms with Crippen molar-refractivity contribution >= 4 is 40.3 Å². The average Bonchev–Trinajstić information content (AvgIpc) is 3.98. The topological polar surface area (TPSA) is 353 Å². The summed E-state index contributed by atoms with van der Waals surface area (Å²) in [4.78, 5) is 70.5. The van der Waals surface area contributed by atoms with E-state index in [1.54, 1.807) is 51.8 Å². The van der Waals surface area contributed by atoms with Crippen LogP contribution in [0.1, 0.15) is 88.2 Å². The van der Waals surface area contributed by atoms with Crippen molar-refractivity contribution in [3.8, 4) is 23.0 Å². The molecule has 0 radical (unpaired) electrons. The van der Waals surface area contributed by atoms with Crippen LogP contribution in [0.5, 0.6) is 23.0 Å². The van der Waals surface area contributed by atoms with Crippen LogP contribution in [0.2, 0.25) is 0 Å². The van der Waals surface area contributed by atoms with Crippen LogP contribution in [0.3, 0.4) is 0 Å². The van der Waals surface area contributed by atoms with E-state index in [4.69, 9.17) is 34.3 Å². The van der Waals surface area contributed by atoms with Gasteiger partial charge in [-0.05, 0) is 39.4 Å². The third-order valence-corrected chi connectivity index (χ3v) is 14.9. The number of allylic oxidation sites excluding steroid dienone is 2. The molecule has 25 heteroatoms. The minimum atomic E-state index is -2.04. The van der Waals surface area contributed by atoms with Gasteiger partial charge in [0.05, 0.1) is 71.7 Å². The lowest BCUT2D eigenvalue weighted by Gasteiger charge is -2.38. The maximum Gasteiger partial charge on any atom is 0.330 e. The van der Waals surface area contributed by atoms with E-state index >= 15 is 0 Å². The lowest BCUT2D eigenvalue weighted by Crippen LogP contribution is -2.46. The van der Waals surface area contributed by atoms with Crippen molar-refractivity contribution < 1.29 is 68.7 Å². The number of amides is 1. The van der Waals surface area contributed by atoms with Crippen molar-refractivity contribution in [2.24, 2.45) is 33.9 Å². The number of azide groups is 1. The summed E-state index contributed by atoms with van der Waals surface area (Å²) in [6.07, 6.45) is 5.19. The van der Waals surface area contributed by atoms with E-state index in [1.165, 1.54) is 70.2 Å². The number of aromatic nitrogens is 2. The Balaban J connectivity index is 0.000000433. The molecule has 25 nitrogen and oxygen atoms in total. The van der Waals surface area contributed by atoms with Gasteiger partial charge in [0.15, 0.2) is 5.75 Å². The number of hydrogen-bond donors (Lipinski definition) is 8. The number of carbonyl (C=O) groups excluding carboxylic acids is 3. The molecular formula is C53H71N9O16. The number of hydrazone groups is 1. The zero-order valence-corrected chi connectivity index (χ0v) is 45.5. The number of anilines is 1. The lowest BCUT2D eigenvalue weighted by molar-refractivity contribution is -0.160.